The van der Waals surface area contributed by atoms with Crippen LogP contribution in [0.15, 0.2) is 0 Å². The number of hydrogen-bond donors (Lipinski definition) is 1. The van der Waals surface area contributed by atoms with Gasteiger partial charge < -0.3 is 41.7 Å². The van der Waals surface area contributed by atoms with Crippen LogP contribution >= 0.6 is 0 Å². The Balaban J connectivity index is 2.03. The second kappa shape index (κ2) is 24.4. The molecule has 11 nitrogen and oxygen atoms in total. The fourth-order valence-electron chi connectivity index (χ4n) is 8.18. The summed E-state index contributed by atoms with van der Waals surface area (Å²) >= 11 is 0. The summed E-state index contributed by atoms with van der Waals surface area (Å²) in [6.45, 7) is 22.1. The zero-order chi connectivity index (χ0) is 37.8. The maximum absolute atomic E-state index is 13.9. The molecule has 0 aliphatic heterocycles. The van der Waals surface area contributed by atoms with E-state index in [1.807, 2.05) is 46.4 Å². The number of nitrogens with zero attached hydrogens (tertiary/aromatic N) is 2. The summed E-state index contributed by atoms with van der Waals surface area (Å²) in [5.74, 6) is 0.456. The molecule has 0 aromatic carbocycles. The van der Waals surface area contributed by atoms with Gasteiger partial charge in [0.05, 0.1) is 12.3 Å². The number of hydrogen-bond acceptors (Lipinski definition) is 8. The Bertz CT molecular complexity index is 931. The number of rotatable bonds is 26. The van der Waals surface area contributed by atoms with Gasteiger partial charge in [0.1, 0.15) is 0 Å². The Labute approximate surface area is 314 Å². The van der Waals surface area contributed by atoms with Crippen LogP contribution in [0.2, 0.25) is 0 Å². The Morgan fingerprint density at radius 3 is 1.47 bits per heavy atom. The van der Waals surface area contributed by atoms with Crippen molar-refractivity contribution < 1.29 is 36.1 Å². The van der Waals surface area contributed by atoms with E-state index in [9.17, 15) is 9.59 Å². The molecule has 300 valence electrons. The SMILES string of the molecule is CCO[Si](CN(C(=O)CCCC(C)(C)CC(C)CNC(=O)N(C[Si](OCC)(OCC)OCC)C1CCCCC1)C1CCCCC1)(OCC)OCC. The highest BCUT2D eigenvalue weighted by atomic mass is 28.4. The van der Waals surface area contributed by atoms with Gasteiger partial charge in [-0.2, -0.15) is 0 Å². The molecule has 2 rings (SSSR count). The van der Waals surface area contributed by atoms with Crippen molar-refractivity contribution in [2.45, 2.75) is 164 Å². The molecule has 2 aliphatic carbocycles. The maximum Gasteiger partial charge on any atom is 0.521 e. The molecule has 1 unspecified atom stereocenters. The highest BCUT2D eigenvalue weighted by molar-refractivity contribution is 6.61. The van der Waals surface area contributed by atoms with Gasteiger partial charge in [-0.15, -0.1) is 0 Å². The molecular weight excluding hydrogens is 683 g/mol. The molecule has 0 aromatic rings. The largest absolute Gasteiger partial charge is 0.521 e. The number of nitrogens with one attached hydrogen (secondary N) is 1. The van der Waals surface area contributed by atoms with Crippen LogP contribution in [0, 0.1) is 11.3 Å². The molecule has 0 bridgehead atoms. The zero-order valence-electron chi connectivity index (χ0n) is 34.2. The van der Waals surface area contributed by atoms with Crippen molar-refractivity contribution in [1.29, 1.82) is 0 Å². The van der Waals surface area contributed by atoms with E-state index in [0.29, 0.717) is 64.9 Å². The van der Waals surface area contributed by atoms with Gasteiger partial charge in [0, 0.05) is 64.7 Å². The molecule has 0 saturated heterocycles. The van der Waals surface area contributed by atoms with E-state index in [0.717, 1.165) is 70.6 Å². The van der Waals surface area contributed by atoms with Gasteiger partial charge in [0.25, 0.3) is 0 Å². The number of carbonyl (C=O) groups excluding carboxylic acids is 2. The van der Waals surface area contributed by atoms with Crippen LogP contribution in [0.4, 0.5) is 4.79 Å². The van der Waals surface area contributed by atoms with Gasteiger partial charge in [-0.05, 0) is 97.8 Å². The Morgan fingerprint density at radius 1 is 0.667 bits per heavy atom. The molecule has 51 heavy (non-hydrogen) atoms. The molecule has 2 aliphatic rings. The summed E-state index contributed by atoms with van der Waals surface area (Å²) in [7, 11) is -6.07. The van der Waals surface area contributed by atoms with E-state index in [1.54, 1.807) is 0 Å². The van der Waals surface area contributed by atoms with E-state index >= 15 is 0 Å². The second-order valence-corrected chi connectivity index (χ2v) is 20.3. The first kappa shape index (κ1) is 46.1. The van der Waals surface area contributed by atoms with Crippen LogP contribution in [0.1, 0.15) is 152 Å². The molecule has 0 radical (unpaired) electrons. The monoisotopic (exact) mass is 760 g/mol. The third kappa shape index (κ3) is 16.1. The molecular formula is C38H77N3O8Si2. The summed E-state index contributed by atoms with van der Waals surface area (Å²) in [4.78, 5) is 31.8. The summed E-state index contributed by atoms with van der Waals surface area (Å²) in [6.07, 6.45) is 15.0. The lowest BCUT2D eigenvalue weighted by Crippen LogP contribution is -2.60. The normalized spacial score (nSPS) is 17.4. The molecule has 2 fully saturated rings. The van der Waals surface area contributed by atoms with Gasteiger partial charge in [-0.3, -0.25) is 4.79 Å². The highest BCUT2D eigenvalue weighted by Gasteiger charge is 2.47. The fraction of sp³-hybridized carbons (Fsp3) is 0.947. The fourth-order valence-corrected chi connectivity index (χ4v) is 13.5. The van der Waals surface area contributed by atoms with E-state index < -0.39 is 17.6 Å². The molecule has 1 atom stereocenters. The second-order valence-electron chi connectivity index (χ2n) is 15.2. The first-order valence-corrected chi connectivity index (χ1v) is 24.5. The number of urea groups is 1. The van der Waals surface area contributed by atoms with Gasteiger partial charge >= 0.3 is 23.6 Å². The number of amides is 3. The van der Waals surface area contributed by atoms with Crippen molar-refractivity contribution in [1.82, 2.24) is 15.1 Å². The average molecular weight is 760 g/mol. The third-order valence-corrected chi connectivity index (χ3v) is 16.1. The molecule has 3 amide bonds. The van der Waals surface area contributed by atoms with Gasteiger partial charge in [0.2, 0.25) is 5.91 Å². The van der Waals surface area contributed by atoms with Crippen LogP contribution in [-0.2, 0) is 31.4 Å². The lowest BCUT2D eigenvalue weighted by atomic mass is 9.79. The van der Waals surface area contributed by atoms with Crippen molar-refractivity contribution in [3.63, 3.8) is 0 Å². The minimum atomic E-state index is -3.05. The molecule has 0 aromatic heterocycles. The smallest absolute Gasteiger partial charge is 0.373 e. The van der Waals surface area contributed by atoms with Crippen molar-refractivity contribution in [3.05, 3.63) is 0 Å². The predicted molar refractivity (Wildman–Crippen MR) is 208 cm³/mol. The third-order valence-electron chi connectivity index (χ3n) is 10.3. The predicted octanol–water partition coefficient (Wildman–Crippen LogP) is 7.89. The molecule has 13 heteroatoms. The minimum absolute atomic E-state index is 0.0184. The number of carbonyl (C=O) groups is 2. The van der Waals surface area contributed by atoms with E-state index in [4.69, 9.17) is 26.6 Å². The van der Waals surface area contributed by atoms with Crippen LogP contribution in [0.5, 0.6) is 0 Å². The topological polar surface area (TPSA) is 108 Å². The van der Waals surface area contributed by atoms with Gasteiger partial charge in [-0.25, -0.2) is 4.79 Å². The molecule has 0 heterocycles. The highest BCUT2D eigenvalue weighted by Crippen LogP contribution is 2.32. The molecule has 2 saturated carbocycles. The van der Waals surface area contributed by atoms with E-state index in [1.165, 1.54) is 12.8 Å². The van der Waals surface area contributed by atoms with Crippen LogP contribution in [0.25, 0.3) is 0 Å². The van der Waals surface area contributed by atoms with Gasteiger partial charge in [0.15, 0.2) is 0 Å². The van der Waals surface area contributed by atoms with Crippen LogP contribution in [-0.4, -0.2) is 110 Å². The van der Waals surface area contributed by atoms with Crippen LogP contribution < -0.4 is 5.32 Å². The van der Waals surface area contributed by atoms with Crippen molar-refractivity contribution in [3.8, 4) is 0 Å². The van der Waals surface area contributed by atoms with Crippen molar-refractivity contribution >= 4 is 29.5 Å². The lowest BCUT2D eigenvalue weighted by Gasteiger charge is -2.39. The summed E-state index contributed by atoms with van der Waals surface area (Å²) in [6, 6.07) is 0.322. The Kier molecular flexibility index (Phi) is 22.0. The lowest BCUT2D eigenvalue weighted by molar-refractivity contribution is -0.134. The van der Waals surface area contributed by atoms with Crippen LogP contribution in [0.3, 0.4) is 0 Å². The maximum atomic E-state index is 13.9. The van der Waals surface area contributed by atoms with E-state index in [2.05, 4.69) is 31.0 Å². The first-order chi connectivity index (χ1) is 24.4. The average Bonchev–Trinajstić information content (AvgIpc) is 3.10. The molecule has 0 spiro atoms. The quantitative estimate of drug-likeness (QED) is 0.0888. The van der Waals surface area contributed by atoms with Gasteiger partial charge in [-0.1, -0.05) is 59.3 Å². The minimum Gasteiger partial charge on any atom is -0.373 e. The first-order valence-electron chi connectivity index (χ1n) is 20.6. The van der Waals surface area contributed by atoms with Crippen molar-refractivity contribution in [2.75, 3.05) is 58.5 Å². The van der Waals surface area contributed by atoms with Crippen molar-refractivity contribution in [2.24, 2.45) is 11.3 Å². The summed E-state index contributed by atoms with van der Waals surface area (Å²) in [5, 5.41) is 3.28. The standard InChI is InChI=1S/C38H77N3O8Si2/c1-10-44-50(45-11-2,46-12-3)31-40(34-23-18-16-19-24-34)36(42)27-22-28-38(8,9)29-33(7)30-39-37(43)41(35-25-20-17-21-26-35)32-51(47-13-4,48-14-5)49-15-6/h33-35H,10-32H2,1-9H3,(H,39,43). The molecule has 1 N–H and O–H groups in total. The summed E-state index contributed by atoms with van der Waals surface area (Å²) < 4.78 is 37.0. The summed E-state index contributed by atoms with van der Waals surface area (Å²) in [5.41, 5.74) is 0.0184. The Hall–Kier alpha value is -1.07. The zero-order valence-corrected chi connectivity index (χ0v) is 36.2. The Morgan fingerprint density at radius 2 is 1.06 bits per heavy atom. The van der Waals surface area contributed by atoms with E-state index in [-0.39, 0.29) is 35.4 Å².